The molecule has 1 aromatic carbocycles. The lowest BCUT2D eigenvalue weighted by molar-refractivity contribution is 0.430. The van der Waals surface area contributed by atoms with Gasteiger partial charge in [0.25, 0.3) is 21.9 Å². The van der Waals surface area contributed by atoms with E-state index >= 15 is 0 Å². The molecule has 0 aliphatic carbocycles. The van der Waals surface area contributed by atoms with Gasteiger partial charge < -0.3 is 4.52 Å². The van der Waals surface area contributed by atoms with Crippen LogP contribution in [0.3, 0.4) is 0 Å². The van der Waals surface area contributed by atoms with Crippen molar-refractivity contribution in [2.75, 3.05) is 4.72 Å². The number of sulfonamides is 1. The van der Waals surface area contributed by atoms with E-state index in [1.54, 1.807) is 27.0 Å². The van der Waals surface area contributed by atoms with Gasteiger partial charge in [0, 0.05) is 7.05 Å². The molecular weight excluding hydrogens is 337 g/mol. The van der Waals surface area contributed by atoms with Crippen molar-refractivity contribution in [2.45, 2.75) is 18.7 Å². The number of benzene rings is 1. The second kappa shape index (κ2) is 5.71. The summed E-state index contributed by atoms with van der Waals surface area (Å²) in [5, 5.41) is 7.61. The van der Waals surface area contributed by atoms with Crippen LogP contribution in [0.1, 0.15) is 11.4 Å². The summed E-state index contributed by atoms with van der Waals surface area (Å²) in [6.07, 6.45) is 0. The van der Waals surface area contributed by atoms with Crippen LogP contribution < -0.4 is 4.72 Å². The maximum Gasteiger partial charge on any atom is 0.277 e. The average molecular weight is 351 g/mol. The highest BCUT2D eigenvalue weighted by atomic mass is 32.2. The van der Waals surface area contributed by atoms with Crippen LogP contribution in [0.2, 0.25) is 0 Å². The number of aromatic nitrogens is 4. The quantitative estimate of drug-likeness (QED) is 0.771. The van der Waals surface area contributed by atoms with Crippen molar-refractivity contribution in [3.8, 4) is 11.5 Å². The minimum absolute atomic E-state index is 0.0437. The number of anilines is 1. The summed E-state index contributed by atoms with van der Waals surface area (Å²) >= 11 is 0. The molecular formula is C14H14FN5O3S. The molecule has 0 atom stereocenters. The highest BCUT2D eigenvalue weighted by Crippen LogP contribution is 2.24. The van der Waals surface area contributed by atoms with Gasteiger partial charge in [0.05, 0.1) is 17.0 Å². The molecule has 126 valence electrons. The van der Waals surface area contributed by atoms with E-state index in [9.17, 15) is 12.8 Å². The molecule has 0 saturated heterocycles. The fourth-order valence-electron chi connectivity index (χ4n) is 2.32. The first-order valence-electron chi connectivity index (χ1n) is 6.91. The number of hydrogen-bond donors (Lipinski definition) is 1. The van der Waals surface area contributed by atoms with Crippen LogP contribution in [0.25, 0.3) is 11.5 Å². The summed E-state index contributed by atoms with van der Waals surface area (Å²) in [6, 6.07) is 5.82. The Hall–Kier alpha value is -2.75. The Balaban J connectivity index is 1.93. The van der Waals surface area contributed by atoms with Crippen LogP contribution in [-0.2, 0) is 17.1 Å². The molecule has 8 nitrogen and oxygen atoms in total. The predicted octanol–water partition coefficient (Wildman–Crippen LogP) is 2.03. The molecule has 0 aliphatic rings. The molecule has 0 saturated carbocycles. The minimum atomic E-state index is -3.94. The zero-order valence-electron chi connectivity index (χ0n) is 13.1. The summed E-state index contributed by atoms with van der Waals surface area (Å²) in [5.74, 6) is -0.948. The van der Waals surface area contributed by atoms with Crippen molar-refractivity contribution in [3.63, 3.8) is 0 Å². The van der Waals surface area contributed by atoms with Crippen molar-refractivity contribution < 1.29 is 17.3 Å². The third-order valence-corrected chi connectivity index (χ3v) is 5.05. The topological polar surface area (TPSA) is 103 Å². The zero-order valence-corrected chi connectivity index (χ0v) is 13.9. The highest BCUT2D eigenvalue weighted by Gasteiger charge is 2.26. The van der Waals surface area contributed by atoms with Gasteiger partial charge in [-0.3, -0.25) is 4.68 Å². The average Bonchev–Trinajstić information content (AvgIpc) is 3.04. The van der Waals surface area contributed by atoms with E-state index in [0.717, 1.165) is 0 Å². The van der Waals surface area contributed by atoms with Crippen LogP contribution >= 0.6 is 0 Å². The number of aryl methyl sites for hydroxylation is 2. The maximum atomic E-state index is 13.7. The van der Waals surface area contributed by atoms with Crippen LogP contribution in [0.4, 0.5) is 10.3 Å². The second-order valence-electron chi connectivity index (χ2n) is 5.13. The first kappa shape index (κ1) is 16.1. The van der Waals surface area contributed by atoms with E-state index in [0.29, 0.717) is 11.4 Å². The fourth-order valence-corrected chi connectivity index (χ4v) is 3.70. The van der Waals surface area contributed by atoms with E-state index < -0.39 is 15.8 Å². The summed E-state index contributed by atoms with van der Waals surface area (Å²) < 4.78 is 47.3. The summed E-state index contributed by atoms with van der Waals surface area (Å²) in [5.41, 5.74) is 0.905. The van der Waals surface area contributed by atoms with E-state index in [1.807, 2.05) is 0 Å². The van der Waals surface area contributed by atoms with Gasteiger partial charge in [-0.2, -0.15) is 10.1 Å². The normalized spacial score (nSPS) is 11.7. The standard InChI is InChI=1S/C14H14FN5O3S/c1-8-12(9(2)20(3)17-8)24(21,22)19-14-16-13(23-18-14)10-6-4-5-7-11(10)15/h4-7H,1-3H3,(H,18,19). The molecule has 0 unspecified atom stereocenters. The van der Waals surface area contributed by atoms with Crippen LogP contribution in [-0.4, -0.2) is 28.3 Å². The number of hydrogen-bond acceptors (Lipinski definition) is 6. The largest absolute Gasteiger partial charge is 0.332 e. The first-order valence-corrected chi connectivity index (χ1v) is 8.39. The van der Waals surface area contributed by atoms with Gasteiger partial charge in [0.1, 0.15) is 10.7 Å². The van der Waals surface area contributed by atoms with E-state index in [1.165, 1.54) is 22.9 Å². The number of rotatable bonds is 4. The zero-order chi connectivity index (χ0) is 17.5. The Kier molecular flexibility index (Phi) is 3.84. The van der Waals surface area contributed by atoms with Crippen molar-refractivity contribution >= 4 is 16.0 Å². The number of nitrogens with one attached hydrogen (secondary N) is 1. The Morgan fingerprint density at radius 3 is 2.58 bits per heavy atom. The lowest BCUT2D eigenvalue weighted by Gasteiger charge is -2.04. The molecule has 0 aliphatic heterocycles. The summed E-state index contributed by atoms with van der Waals surface area (Å²) in [6.45, 7) is 3.22. The van der Waals surface area contributed by atoms with E-state index in [2.05, 4.69) is 20.0 Å². The molecule has 0 radical (unpaired) electrons. The molecule has 2 aromatic heterocycles. The molecule has 0 bridgehead atoms. The van der Waals surface area contributed by atoms with Crippen molar-refractivity contribution in [2.24, 2.45) is 7.05 Å². The Bertz CT molecular complexity index is 1010. The van der Waals surface area contributed by atoms with Crippen molar-refractivity contribution in [3.05, 3.63) is 41.5 Å². The maximum absolute atomic E-state index is 13.7. The van der Waals surface area contributed by atoms with E-state index in [-0.39, 0.29) is 22.3 Å². The summed E-state index contributed by atoms with van der Waals surface area (Å²) in [4.78, 5) is 3.93. The highest BCUT2D eigenvalue weighted by molar-refractivity contribution is 7.92. The molecule has 0 amide bonds. The van der Waals surface area contributed by atoms with Gasteiger partial charge in [0.15, 0.2) is 0 Å². The summed E-state index contributed by atoms with van der Waals surface area (Å²) in [7, 11) is -2.30. The minimum Gasteiger partial charge on any atom is -0.332 e. The van der Waals surface area contributed by atoms with Gasteiger partial charge in [-0.25, -0.2) is 17.5 Å². The van der Waals surface area contributed by atoms with Crippen LogP contribution in [0.5, 0.6) is 0 Å². The number of halogens is 1. The van der Waals surface area contributed by atoms with Gasteiger partial charge in [-0.15, -0.1) is 0 Å². The Morgan fingerprint density at radius 1 is 1.25 bits per heavy atom. The lowest BCUT2D eigenvalue weighted by atomic mass is 10.2. The van der Waals surface area contributed by atoms with Gasteiger partial charge in [-0.1, -0.05) is 12.1 Å². The number of nitrogens with zero attached hydrogens (tertiary/aromatic N) is 4. The predicted molar refractivity (Wildman–Crippen MR) is 83.2 cm³/mol. The molecule has 0 spiro atoms. The smallest absolute Gasteiger partial charge is 0.277 e. The van der Waals surface area contributed by atoms with Crippen molar-refractivity contribution in [1.82, 2.24) is 19.9 Å². The molecule has 3 rings (SSSR count). The monoisotopic (exact) mass is 351 g/mol. The molecule has 24 heavy (non-hydrogen) atoms. The molecule has 10 heteroatoms. The van der Waals surface area contributed by atoms with Gasteiger partial charge in [-0.05, 0) is 31.1 Å². The fraction of sp³-hybridized carbons (Fsp3) is 0.214. The van der Waals surface area contributed by atoms with Crippen molar-refractivity contribution in [1.29, 1.82) is 0 Å². The Labute approximate surface area is 137 Å². The molecule has 3 aromatic rings. The first-order chi connectivity index (χ1) is 11.3. The second-order valence-corrected chi connectivity index (χ2v) is 6.75. The van der Waals surface area contributed by atoms with Gasteiger partial charge >= 0.3 is 0 Å². The van der Waals surface area contributed by atoms with Crippen LogP contribution in [0.15, 0.2) is 33.7 Å². The van der Waals surface area contributed by atoms with E-state index in [4.69, 9.17) is 4.52 Å². The molecule has 2 heterocycles. The molecule has 0 fully saturated rings. The SMILES string of the molecule is Cc1nn(C)c(C)c1S(=O)(=O)Nc1noc(-c2ccccc2F)n1. The van der Waals surface area contributed by atoms with Crippen LogP contribution in [0, 0.1) is 19.7 Å². The lowest BCUT2D eigenvalue weighted by Crippen LogP contribution is -2.15. The third-order valence-electron chi connectivity index (χ3n) is 3.47. The molecule has 1 N–H and O–H groups in total. The third kappa shape index (κ3) is 2.75. The Morgan fingerprint density at radius 2 is 1.96 bits per heavy atom. The van der Waals surface area contributed by atoms with Gasteiger partial charge in [0.2, 0.25) is 0 Å².